The van der Waals surface area contributed by atoms with Crippen molar-refractivity contribution in [3.63, 3.8) is 0 Å². The first-order valence-corrected chi connectivity index (χ1v) is 4.50. The van der Waals surface area contributed by atoms with E-state index in [1.165, 1.54) is 12.1 Å². The van der Waals surface area contributed by atoms with E-state index in [9.17, 15) is 8.78 Å². The molecular formula is C11H8F2N2O. The summed E-state index contributed by atoms with van der Waals surface area (Å²) < 4.78 is 30.9. The van der Waals surface area contributed by atoms with Crippen LogP contribution in [-0.2, 0) is 0 Å². The van der Waals surface area contributed by atoms with E-state index in [-0.39, 0.29) is 17.4 Å². The molecule has 0 amide bonds. The molecule has 0 saturated heterocycles. The van der Waals surface area contributed by atoms with Crippen LogP contribution in [0.2, 0.25) is 0 Å². The molecule has 0 radical (unpaired) electrons. The minimum atomic E-state index is -0.788. The molecule has 2 aromatic rings. The second-order valence-electron chi connectivity index (χ2n) is 3.08. The average Bonchev–Trinajstić information content (AvgIpc) is 2.22. The molecule has 0 bridgehead atoms. The van der Waals surface area contributed by atoms with Crippen LogP contribution in [0.15, 0.2) is 36.4 Å². The maximum atomic E-state index is 13.2. The van der Waals surface area contributed by atoms with Crippen LogP contribution in [0.4, 0.5) is 14.6 Å². The van der Waals surface area contributed by atoms with Crippen LogP contribution >= 0.6 is 0 Å². The lowest BCUT2D eigenvalue weighted by Gasteiger charge is -2.05. The quantitative estimate of drug-likeness (QED) is 0.849. The molecule has 0 aliphatic carbocycles. The number of nitrogens with two attached hydrogens (primary N) is 1. The van der Waals surface area contributed by atoms with Crippen molar-refractivity contribution in [3.8, 4) is 11.6 Å². The van der Waals surface area contributed by atoms with Gasteiger partial charge in [0.05, 0.1) is 0 Å². The summed E-state index contributed by atoms with van der Waals surface area (Å²) >= 11 is 0. The number of pyridine rings is 1. The number of aromatic nitrogens is 1. The number of nitrogens with zero attached hydrogens (tertiary/aromatic N) is 1. The van der Waals surface area contributed by atoms with Gasteiger partial charge in [-0.1, -0.05) is 6.07 Å². The van der Waals surface area contributed by atoms with Crippen molar-refractivity contribution in [3.05, 3.63) is 48.0 Å². The molecule has 16 heavy (non-hydrogen) atoms. The molecule has 2 rings (SSSR count). The normalized spacial score (nSPS) is 10.1. The zero-order chi connectivity index (χ0) is 11.5. The number of nitrogen functional groups attached to an aromatic ring is 1. The lowest BCUT2D eigenvalue weighted by Crippen LogP contribution is -1.94. The van der Waals surface area contributed by atoms with E-state index in [1.807, 2.05) is 0 Å². The Bertz CT molecular complexity index is 517. The van der Waals surface area contributed by atoms with Gasteiger partial charge in [0.2, 0.25) is 5.88 Å². The molecule has 1 heterocycles. The largest absolute Gasteiger partial charge is 0.436 e. The number of benzene rings is 1. The first-order valence-electron chi connectivity index (χ1n) is 4.50. The van der Waals surface area contributed by atoms with Gasteiger partial charge in [0.15, 0.2) is 11.6 Å². The zero-order valence-corrected chi connectivity index (χ0v) is 8.15. The van der Waals surface area contributed by atoms with E-state index in [4.69, 9.17) is 10.5 Å². The first-order chi connectivity index (χ1) is 7.65. The summed E-state index contributed by atoms with van der Waals surface area (Å²) in [5.74, 6) is -1.13. The van der Waals surface area contributed by atoms with Gasteiger partial charge >= 0.3 is 0 Å². The molecule has 82 valence electrons. The Morgan fingerprint density at radius 3 is 2.62 bits per heavy atom. The molecule has 0 atom stereocenters. The van der Waals surface area contributed by atoms with E-state index < -0.39 is 11.6 Å². The Labute approximate surface area is 90.5 Å². The Morgan fingerprint density at radius 2 is 1.94 bits per heavy atom. The zero-order valence-electron chi connectivity index (χ0n) is 8.15. The van der Waals surface area contributed by atoms with Crippen molar-refractivity contribution in [1.29, 1.82) is 0 Å². The highest BCUT2D eigenvalue weighted by Gasteiger charge is 2.06. The third kappa shape index (κ3) is 2.25. The van der Waals surface area contributed by atoms with Gasteiger partial charge in [-0.2, -0.15) is 4.98 Å². The van der Waals surface area contributed by atoms with Crippen molar-refractivity contribution < 1.29 is 13.5 Å². The first kappa shape index (κ1) is 10.4. The van der Waals surface area contributed by atoms with Crippen LogP contribution in [0.25, 0.3) is 0 Å². The molecule has 2 N–H and O–H groups in total. The molecule has 0 fully saturated rings. The molecule has 0 aliphatic rings. The van der Waals surface area contributed by atoms with Gasteiger partial charge in [-0.15, -0.1) is 0 Å². The van der Waals surface area contributed by atoms with E-state index in [1.54, 1.807) is 12.1 Å². The summed E-state index contributed by atoms with van der Waals surface area (Å²) in [5.41, 5.74) is 5.43. The Kier molecular flexibility index (Phi) is 2.68. The number of halogens is 2. The molecule has 0 aliphatic heterocycles. The summed E-state index contributed by atoms with van der Waals surface area (Å²) in [6.45, 7) is 0. The monoisotopic (exact) mass is 222 g/mol. The number of ether oxygens (including phenoxy) is 1. The summed E-state index contributed by atoms with van der Waals surface area (Å²) in [7, 11) is 0. The topological polar surface area (TPSA) is 48.1 Å². The fourth-order valence-corrected chi connectivity index (χ4v) is 1.16. The van der Waals surface area contributed by atoms with Crippen molar-refractivity contribution in [2.24, 2.45) is 0 Å². The molecule has 5 heteroatoms. The summed E-state index contributed by atoms with van der Waals surface area (Å²) in [6, 6.07) is 7.76. The maximum absolute atomic E-state index is 13.2. The minimum Gasteiger partial charge on any atom is -0.436 e. The second kappa shape index (κ2) is 4.14. The van der Waals surface area contributed by atoms with Crippen LogP contribution < -0.4 is 10.5 Å². The second-order valence-corrected chi connectivity index (χ2v) is 3.08. The Hall–Kier alpha value is -2.17. The summed E-state index contributed by atoms with van der Waals surface area (Å²) in [4.78, 5) is 3.83. The minimum absolute atomic E-state index is 0.0977. The van der Waals surface area contributed by atoms with Crippen LogP contribution in [0.3, 0.4) is 0 Å². The van der Waals surface area contributed by atoms with Crippen molar-refractivity contribution in [2.75, 3.05) is 5.73 Å². The van der Waals surface area contributed by atoms with Gasteiger partial charge in [-0.25, -0.2) is 8.78 Å². The molecule has 0 unspecified atom stereocenters. The standard InChI is InChI=1S/C11H8F2N2O/c12-7-4-5-9(8(13)6-7)16-11-3-1-2-10(14)15-11/h1-6H,(H2,14,15). The van der Waals surface area contributed by atoms with Crippen LogP contribution in [0, 0.1) is 11.6 Å². The van der Waals surface area contributed by atoms with Crippen molar-refractivity contribution in [1.82, 2.24) is 4.98 Å². The van der Waals surface area contributed by atoms with E-state index in [0.717, 1.165) is 12.1 Å². The molecule has 0 spiro atoms. The molecular weight excluding hydrogens is 214 g/mol. The highest BCUT2D eigenvalue weighted by atomic mass is 19.1. The number of hydrogen-bond donors (Lipinski definition) is 1. The van der Waals surface area contributed by atoms with E-state index in [0.29, 0.717) is 0 Å². The van der Waals surface area contributed by atoms with Crippen molar-refractivity contribution >= 4 is 5.82 Å². The molecule has 1 aromatic carbocycles. The van der Waals surface area contributed by atoms with Gasteiger partial charge in [0, 0.05) is 12.1 Å². The fraction of sp³-hybridized carbons (Fsp3) is 0. The third-order valence-corrected chi connectivity index (χ3v) is 1.85. The Balaban J connectivity index is 2.27. The van der Waals surface area contributed by atoms with Gasteiger partial charge in [0.1, 0.15) is 11.6 Å². The van der Waals surface area contributed by atoms with Crippen LogP contribution in [0.5, 0.6) is 11.6 Å². The average molecular weight is 222 g/mol. The predicted octanol–water partition coefficient (Wildman–Crippen LogP) is 2.73. The van der Waals surface area contributed by atoms with Gasteiger partial charge in [0.25, 0.3) is 0 Å². The van der Waals surface area contributed by atoms with Crippen molar-refractivity contribution in [2.45, 2.75) is 0 Å². The molecule has 0 saturated carbocycles. The molecule has 3 nitrogen and oxygen atoms in total. The Morgan fingerprint density at radius 1 is 1.12 bits per heavy atom. The third-order valence-electron chi connectivity index (χ3n) is 1.85. The van der Waals surface area contributed by atoms with Gasteiger partial charge in [-0.05, 0) is 18.2 Å². The predicted molar refractivity (Wildman–Crippen MR) is 55.1 cm³/mol. The number of rotatable bonds is 2. The van der Waals surface area contributed by atoms with Crippen LogP contribution in [-0.4, -0.2) is 4.98 Å². The number of hydrogen-bond acceptors (Lipinski definition) is 3. The highest BCUT2D eigenvalue weighted by Crippen LogP contribution is 2.23. The van der Waals surface area contributed by atoms with E-state index in [2.05, 4.69) is 4.98 Å². The fourth-order valence-electron chi connectivity index (χ4n) is 1.16. The summed E-state index contributed by atoms with van der Waals surface area (Å²) in [5, 5.41) is 0. The smallest absolute Gasteiger partial charge is 0.221 e. The van der Waals surface area contributed by atoms with Gasteiger partial charge < -0.3 is 10.5 Å². The lowest BCUT2D eigenvalue weighted by molar-refractivity contribution is 0.424. The van der Waals surface area contributed by atoms with Gasteiger partial charge in [-0.3, -0.25) is 0 Å². The molecule has 1 aromatic heterocycles. The SMILES string of the molecule is Nc1cccc(Oc2ccc(F)cc2F)n1. The van der Waals surface area contributed by atoms with E-state index >= 15 is 0 Å². The maximum Gasteiger partial charge on any atom is 0.221 e. The highest BCUT2D eigenvalue weighted by molar-refractivity contribution is 5.34. The van der Waals surface area contributed by atoms with Crippen LogP contribution in [0.1, 0.15) is 0 Å². The lowest BCUT2D eigenvalue weighted by atomic mass is 10.3. The summed E-state index contributed by atoms with van der Waals surface area (Å²) in [6.07, 6.45) is 0. The number of anilines is 1.